The highest BCUT2D eigenvalue weighted by molar-refractivity contribution is 5.85. The van der Waals surface area contributed by atoms with Crippen molar-refractivity contribution in [1.29, 1.82) is 0 Å². The molecule has 1 heterocycles. The van der Waals surface area contributed by atoms with Gasteiger partial charge in [0, 0.05) is 30.4 Å². The highest BCUT2D eigenvalue weighted by atomic mass is 35.5. The molecule has 0 aromatic carbocycles. The number of hydrogen-bond donors (Lipinski definition) is 2. The van der Waals surface area contributed by atoms with Gasteiger partial charge in [-0.15, -0.1) is 12.4 Å². The fourth-order valence-electron chi connectivity index (χ4n) is 2.74. The van der Waals surface area contributed by atoms with Crippen molar-refractivity contribution in [3.8, 4) is 0 Å². The van der Waals surface area contributed by atoms with Gasteiger partial charge in [0.15, 0.2) is 0 Å². The molecule has 0 radical (unpaired) electrons. The molecule has 0 fully saturated rings. The van der Waals surface area contributed by atoms with Crippen LogP contribution in [0.3, 0.4) is 0 Å². The van der Waals surface area contributed by atoms with Gasteiger partial charge < -0.3 is 11.1 Å². The van der Waals surface area contributed by atoms with Crippen LogP contribution in [0.4, 0.5) is 0 Å². The molecule has 1 atom stereocenters. The zero-order chi connectivity index (χ0) is 16.9. The van der Waals surface area contributed by atoms with Gasteiger partial charge in [-0.2, -0.15) is 5.10 Å². The van der Waals surface area contributed by atoms with Crippen LogP contribution >= 0.6 is 12.4 Å². The molecule has 3 N–H and O–H groups in total. The number of carbonyl (C=O) groups excluding carboxylic acids is 1. The average molecular weight is 345 g/mol. The summed E-state index contributed by atoms with van der Waals surface area (Å²) in [5.41, 5.74) is 8.83. The number of rotatable bonds is 8. The Labute approximate surface area is 146 Å². The van der Waals surface area contributed by atoms with E-state index < -0.39 is 0 Å². The molecule has 0 bridgehead atoms. The summed E-state index contributed by atoms with van der Waals surface area (Å²) in [6.45, 7) is 14.0. The van der Waals surface area contributed by atoms with Crippen LogP contribution in [0.25, 0.3) is 0 Å². The van der Waals surface area contributed by atoms with E-state index in [0.717, 1.165) is 29.9 Å². The Morgan fingerprint density at radius 2 is 1.83 bits per heavy atom. The maximum atomic E-state index is 12.3. The van der Waals surface area contributed by atoms with Crippen molar-refractivity contribution in [3.63, 3.8) is 0 Å². The van der Waals surface area contributed by atoms with E-state index in [9.17, 15) is 4.79 Å². The molecular formula is C17H33ClN4O. The molecule has 1 amide bonds. The van der Waals surface area contributed by atoms with Gasteiger partial charge >= 0.3 is 0 Å². The first-order valence-corrected chi connectivity index (χ1v) is 8.26. The van der Waals surface area contributed by atoms with Crippen LogP contribution in [0.1, 0.15) is 51.1 Å². The number of hydrogen-bond acceptors (Lipinski definition) is 3. The van der Waals surface area contributed by atoms with Gasteiger partial charge in [0.25, 0.3) is 0 Å². The van der Waals surface area contributed by atoms with Crippen LogP contribution in [0, 0.1) is 25.7 Å². The van der Waals surface area contributed by atoms with E-state index in [1.807, 2.05) is 18.5 Å². The van der Waals surface area contributed by atoms with Gasteiger partial charge in [0.1, 0.15) is 0 Å². The molecule has 134 valence electrons. The summed E-state index contributed by atoms with van der Waals surface area (Å²) in [5, 5.41) is 7.61. The first-order chi connectivity index (χ1) is 10.2. The Bertz CT molecular complexity index is 497. The van der Waals surface area contributed by atoms with Crippen molar-refractivity contribution >= 4 is 18.3 Å². The van der Waals surface area contributed by atoms with E-state index in [1.54, 1.807) is 0 Å². The van der Waals surface area contributed by atoms with E-state index in [-0.39, 0.29) is 24.4 Å². The first-order valence-electron chi connectivity index (χ1n) is 8.26. The van der Waals surface area contributed by atoms with Crippen molar-refractivity contribution in [1.82, 2.24) is 15.1 Å². The third-order valence-electron chi connectivity index (χ3n) is 3.81. The summed E-state index contributed by atoms with van der Waals surface area (Å²) in [5.74, 6) is 1.09. The van der Waals surface area contributed by atoms with E-state index in [2.05, 4.69) is 38.1 Å². The van der Waals surface area contributed by atoms with Crippen molar-refractivity contribution in [2.45, 2.75) is 67.0 Å². The summed E-state index contributed by atoms with van der Waals surface area (Å²) >= 11 is 0. The van der Waals surface area contributed by atoms with Crippen LogP contribution in [0.2, 0.25) is 0 Å². The number of carbonyl (C=O) groups is 1. The van der Waals surface area contributed by atoms with Crippen molar-refractivity contribution in [2.24, 2.45) is 17.6 Å². The second kappa shape index (κ2) is 9.93. The van der Waals surface area contributed by atoms with Crippen molar-refractivity contribution < 1.29 is 4.79 Å². The number of nitrogens with two attached hydrogens (primary N) is 1. The molecule has 6 heteroatoms. The molecule has 5 nitrogen and oxygen atoms in total. The molecule has 0 saturated heterocycles. The van der Waals surface area contributed by atoms with Gasteiger partial charge in [-0.1, -0.05) is 27.7 Å². The summed E-state index contributed by atoms with van der Waals surface area (Å²) in [6, 6.07) is 0.0545. The Kier molecular flexibility index (Phi) is 9.47. The second-order valence-electron chi connectivity index (χ2n) is 7.03. The number of aryl methyl sites for hydroxylation is 1. The summed E-state index contributed by atoms with van der Waals surface area (Å²) < 4.78 is 2.01. The first kappa shape index (κ1) is 21.9. The molecule has 1 aromatic rings. The van der Waals surface area contributed by atoms with Crippen LogP contribution in [-0.4, -0.2) is 28.3 Å². The Morgan fingerprint density at radius 3 is 2.30 bits per heavy atom. The quantitative estimate of drug-likeness (QED) is 0.761. The molecule has 1 unspecified atom stereocenters. The Morgan fingerprint density at radius 1 is 1.22 bits per heavy atom. The smallest absolute Gasteiger partial charge is 0.224 e. The lowest BCUT2D eigenvalue weighted by molar-refractivity contribution is -0.121. The minimum Gasteiger partial charge on any atom is -0.352 e. The number of aromatic nitrogens is 2. The normalized spacial score (nSPS) is 12.4. The largest absolute Gasteiger partial charge is 0.352 e. The number of nitrogens with one attached hydrogen (secondary N) is 1. The van der Waals surface area contributed by atoms with Gasteiger partial charge in [-0.05, 0) is 32.1 Å². The maximum Gasteiger partial charge on any atom is 0.224 e. The van der Waals surface area contributed by atoms with Crippen LogP contribution < -0.4 is 11.1 Å². The summed E-state index contributed by atoms with van der Waals surface area (Å²) in [7, 11) is 0. The van der Waals surface area contributed by atoms with E-state index in [4.69, 9.17) is 5.73 Å². The zero-order valence-corrected chi connectivity index (χ0v) is 16.2. The Hall–Kier alpha value is -1.07. The van der Waals surface area contributed by atoms with Gasteiger partial charge in [0.05, 0.1) is 12.1 Å². The van der Waals surface area contributed by atoms with E-state index in [1.165, 1.54) is 0 Å². The van der Waals surface area contributed by atoms with Gasteiger partial charge in [-0.3, -0.25) is 9.48 Å². The molecule has 0 saturated carbocycles. The monoisotopic (exact) mass is 344 g/mol. The van der Waals surface area contributed by atoms with Crippen LogP contribution in [0.15, 0.2) is 0 Å². The number of nitrogens with zero attached hydrogens (tertiary/aromatic N) is 2. The minimum absolute atomic E-state index is 0. The predicted molar refractivity (Wildman–Crippen MR) is 97.9 cm³/mol. The molecule has 0 aliphatic heterocycles. The lowest BCUT2D eigenvalue weighted by Gasteiger charge is -2.18. The fourth-order valence-corrected chi connectivity index (χ4v) is 2.74. The zero-order valence-electron chi connectivity index (χ0n) is 15.3. The summed E-state index contributed by atoms with van der Waals surface area (Å²) in [4.78, 5) is 12.3. The standard InChI is InChI=1S/C17H32N4O.ClH/c1-11(2)7-15(9-18)19-17(22)8-16-13(5)20-21(14(16)6)10-12(3)4;/h11-12,15H,7-10,18H2,1-6H3,(H,19,22);1H. The van der Waals surface area contributed by atoms with E-state index in [0.29, 0.717) is 24.8 Å². The molecule has 0 aliphatic carbocycles. The van der Waals surface area contributed by atoms with Crippen LogP contribution in [0.5, 0.6) is 0 Å². The Balaban J connectivity index is 0.00000484. The number of amides is 1. The molecule has 23 heavy (non-hydrogen) atoms. The lowest BCUT2D eigenvalue weighted by atomic mass is 10.0. The highest BCUT2D eigenvalue weighted by Crippen LogP contribution is 2.15. The van der Waals surface area contributed by atoms with Crippen molar-refractivity contribution in [3.05, 3.63) is 17.0 Å². The van der Waals surface area contributed by atoms with Gasteiger partial charge in [-0.25, -0.2) is 0 Å². The number of halogens is 1. The van der Waals surface area contributed by atoms with Crippen molar-refractivity contribution in [2.75, 3.05) is 6.54 Å². The predicted octanol–water partition coefficient (Wildman–Crippen LogP) is 2.61. The van der Waals surface area contributed by atoms with Gasteiger partial charge in [0.2, 0.25) is 5.91 Å². The fraction of sp³-hybridized carbons (Fsp3) is 0.765. The third-order valence-corrected chi connectivity index (χ3v) is 3.81. The lowest BCUT2D eigenvalue weighted by Crippen LogP contribution is -2.41. The van der Waals surface area contributed by atoms with Crippen LogP contribution in [-0.2, 0) is 17.8 Å². The molecular weight excluding hydrogens is 312 g/mol. The molecule has 1 aromatic heterocycles. The third kappa shape index (κ3) is 6.92. The molecule has 0 spiro atoms. The van der Waals surface area contributed by atoms with E-state index >= 15 is 0 Å². The minimum atomic E-state index is 0. The topological polar surface area (TPSA) is 72.9 Å². The maximum absolute atomic E-state index is 12.3. The average Bonchev–Trinajstić information content (AvgIpc) is 2.64. The molecule has 1 rings (SSSR count). The second-order valence-corrected chi connectivity index (χ2v) is 7.03. The highest BCUT2D eigenvalue weighted by Gasteiger charge is 2.18. The SMILES string of the molecule is Cc1nn(CC(C)C)c(C)c1CC(=O)NC(CN)CC(C)C.Cl. The summed E-state index contributed by atoms with van der Waals surface area (Å²) in [6.07, 6.45) is 1.29. The molecule has 0 aliphatic rings.